The second-order valence-corrected chi connectivity index (χ2v) is 6.95. The summed E-state index contributed by atoms with van der Waals surface area (Å²) in [5, 5.41) is 23.8. The minimum Gasteiger partial charge on any atom is -0.490 e. The van der Waals surface area contributed by atoms with E-state index < -0.39 is 6.04 Å². The van der Waals surface area contributed by atoms with Gasteiger partial charge in [0.2, 0.25) is 5.96 Å². The van der Waals surface area contributed by atoms with Gasteiger partial charge in [0.25, 0.3) is 0 Å². The van der Waals surface area contributed by atoms with Gasteiger partial charge in [-0.15, -0.1) is 0 Å². The lowest BCUT2D eigenvalue weighted by Gasteiger charge is -2.27. The number of benzene rings is 1. The zero-order valence-corrected chi connectivity index (χ0v) is 17.9. The van der Waals surface area contributed by atoms with E-state index >= 15 is 0 Å². The fourth-order valence-electron chi connectivity index (χ4n) is 3.12. The number of hydrogen-bond donors (Lipinski definition) is 4. The average molecular weight is 471 g/mol. The van der Waals surface area contributed by atoms with E-state index in [9.17, 15) is 5.26 Å². The molecule has 2 heterocycles. The van der Waals surface area contributed by atoms with Crippen LogP contribution in [0.1, 0.15) is 36.6 Å². The SMILES string of the molecule is CCOc1cc(C2N=C(NC#N)Nc3nc(N)c(C#N)c(N)c32)cc(Br)c1OCC. The first-order valence-corrected chi connectivity index (χ1v) is 9.82. The van der Waals surface area contributed by atoms with E-state index in [0.29, 0.717) is 46.1 Å². The molecule has 2 aromatic rings. The van der Waals surface area contributed by atoms with Crippen LogP contribution in [0.25, 0.3) is 0 Å². The van der Waals surface area contributed by atoms with Crippen LogP contribution in [-0.2, 0) is 0 Å². The fraction of sp³-hybridized carbons (Fsp3) is 0.263. The molecular weight excluding hydrogens is 452 g/mol. The van der Waals surface area contributed by atoms with Crippen molar-refractivity contribution in [1.82, 2.24) is 10.3 Å². The van der Waals surface area contributed by atoms with E-state index in [1.54, 1.807) is 6.07 Å². The van der Waals surface area contributed by atoms with E-state index in [1.165, 1.54) is 0 Å². The van der Waals surface area contributed by atoms with Crippen molar-refractivity contribution < 1.29 is 9.47 Å². The Morgan fingerprint density at radius 2 is 1.97 bits per heavy atom. The lowest BCUT2D eigenvalue weighted by Crippen LogP contribution is -2.32. The Hall–Kier alpha value is -3.70. The quantitative estimate of drug-likeness (QED) is 0.378. The fourth-order valence-corrected chi connectivity index (χ4v) is 3.69. The second-order valence-electron chi connectivity index (χ2n) is 6.10. The number of halogens is 1. The van der Waals surface area contributed by atoms with E-state index in [2.05, 4.69) is 36.5 Å². The third-order valence-corrected chi connectivity index (χ3v) is 4.88. The van der Waals surface area contributed by atoms with Gasteiger partial charge in [0.1, 0.15) is 29.3 Å². The molecule has 1 aliphatic heterocycles. The smallest absolute Gasteiger partial charge is 0.211 e. The summed E-state index contributed by atoms with van der Waals surface area (Å²) < 4.78 is 12.1. The first kappa shape index (κ1) is 21.0. The number of nitriles is 2. The number of fused-ring (bicyclic) bond motifs is 1. The zero-order chi connectivity index (χ0) is 21.8. The molecule has 3 rings (SSSR count). The number of rotatable bonds is 5. The van der Waals surface area contributed by atoms with Crippen LogP contribution in [-0.4, -0.2) is 24.2 Å². The maximum Gasteiger partial charge on any atom is 0.211 e. The van der Waals surface area contributed by atoms with Crippen LogP contribution in [0.5, 0.6) is 11.5 Å². The lowest BCUT2D eigenvalue weighted by molar-refractivity contribution is 0.286. The average Bonchev–Trinajstić information content (AvgIpc) is 2.70. The Morgan fingerprint density at radius 3 is 2.60 bits per heavy atom. The molecule has 0 amide bonds. The Bertz CT molecular complexity index is 1100. The molecule has 0 aliphatic carbocycles. The molecule has 0 saturated carbocycles. The van der Waals surface area contributed by atoms with E-state index in [0.717, 1.165) is 0 Å². The molecule has 0 spiro atoms. The maximum atomic E-state index is 9.44. The van der Waals surface area contributed by atoms with Gasteiger partial charge in [-0.1, -0.05) is 0 Å². The molecule has 10 nitrogen and oxygen atoms in total. The van der Waals surface area contributed by atoms with Gasteiger partial charge in [-0.2, -0.15) is 10.5 Å². The monoisotopic (exact) mass is 470 g/mol. The van der Waals surface area contributed by atoms with Gasteiger partial charge in [-0.25, -0.2) is 9.98 Å². The summed E-state index contributed by atoms with van der Waals surface area (Å²) in [7, 11) is 0. The van der Waals surface area contributed by atoms with Crippen LogP contribution in [0, 0.1) is 22.8 Å². The highest BCUT2D eigenvalue weighted by Gasteiger charge is 2.30. The van der Waals surface area contributed by atoms with Crippen molar-refractivity contribution in [2.45, 2.75) is 19.9 Å². The number of ether oxygens (including phenoxy) is 2. The molecule has 30 heavy (non-hydrogen) atoms. The lowest BCUT2D eigenvalue weighted by atomic mass is 9.95. The molecule has 6 N–H and O–H groups in total. The Labute approximate surface area is 181 Å². The molecule has 1 aromatic carbocycles. The third-order valence-electron chi connectivity index (χ3n) is 4.29. The van der Waals surface area contributed by atoms with Crippen molar-refractivity contribution >= 4 is 39.2 Å². The van der Waals surface area contributed by atoms with Gasteiger partial charge in [-0.05, 0) is 47.5 Å². The second kappa shape index (κ2) is 8.76. The minimum absolute atomic E-state index is 0.0129. The number of nitrogens with zero attached hydrogens (tertiary/aromatic N) is 4. The van der Waals surface area contributed by atoms with E-state index in [4.69, 9.17) is 26.2 Å². The van der Waals surface area contributed by atoms with Crippen molar-refractivity contribution in [2.24, 2.45) is 4.99 Å². The summed E-state index contributed by atoms with van der Waals surface area (Å²) in [6, 6.07) is 4.91. The molecular formula is C19H19BrN8O2. The molecule has 0 fully saturated rings. The topological polar surface area (TPSA) is 167 Å². The first-order valence-electron chi connectivity index (χ1n) is 9.02. The highest BCUT2D eigenvalue weighted by molar-refractivity contribution is 9.10. The Morgan fingerprint density at radius 1 is 1.23 bits per heavy atom. The predicted molar refractivity (Wildman–Crippen MR) is 116 cm³/mol. The number of nitrogens with two attached hydrogens (primary N) is 2. The Kier molecular flexibility index (Phi) is 6.14. The molecule has 1 atom stereocenters. The van der Waals surface area contributed by atoms with E-state index in [-0.39, 0.29) is 23.0 Å². The molecule has 11 heteroatoms. The maximum absolute atomic E-state index is 9.44. The molecule has 0 radical (unpaired) electrons. The van der Waals surface area contributed by atoms with E-state index in [1.807, 2.05) is 32.2 Å². The minimum atomic E-state index is -0.677. The summed E-state index contributed by atoms with van der Waals surface area (Å²) >= 11 is 3.52. The summed E-state index contributed by atoms with van der Waals surface area (Å²) in [4.78, 5) is 8.80. The van der Waals surface area contributed by atoms with Crippen molar-refractivity contribution in [3.05, 3.63) is 33.3 Å². The van der Waals surface area contributed by atoms with Gasteiger partial charge >= 0.3 is 0 Å². The zero-order valence-electron chi connectivity index (χ0n) is 16.3. The summed E-state index contributed by atoms with van der Waals surface area (Å²) in [5.74, 6) is 1.56. The first-order chi connectivity index (χ1) is 14.4. The summed E-state index contributed by atoms with van der Waals surface area (Å²) in [5.41, 5.74) is 13.6. The summed E-state index contributed by atoms with van der Waals surface area (Å²) in [6.45, 7) is 4.64. The van der Waals surface area contributed by atoms with Crippen molar-refractivity contribution in [3.8, 4) is 23.8 Å². The van der Waals surface area contributed by atoms with Gasteiger partial charge in [0, 0.05) is 5.56 Å². The third kappa shape index (κ3) is 3.75. The molecule has 1 unspecified atom stereocenters. The molecule has 1 aliphatic rings. The van der Waals surface area contributed by atoms with Crippen LogP contribution < -0.4 is 31.6 Å². The number of aliphatic imine (C=N–C) groups is 1. The normalized spacial score (nSPS) is 14.4. The predicted octanol–water partition coefficient (Wildman–Crippen LogP) is 2.62. The highest BCUT2D eigenvalue weighted by atomic mass is 79.9. The van der Waals surface area contributed by atoms with Gasteiger partial charge in [0.05, 0.1) is 23.4 Å². The standard InChI is InChI=1S/C19H19BrN8O2/c1-3-29-12-6-9(5-11(20)16(12)30-4-2)15-13-14(23)10(7-21)17(24)27-18(13)28-19(26-15)25-8-22/h5-6,15H,3-4H2,1-2H3,(H6,23,24,25,26,27,28). The van der Waals surface area contributed by atoms with Gasteiger partial charge in [0.15, 0.2) is 17.7 Å². The Balaban J connectivity index is 2.25. The van der Waals surface area contributed by atoms with Crippen molar-refractivity contribution in [2.75, 3.05) is 30.0 Å². The molecule has 0 saturated heterocycles. The van der Waals surface area contributed by atoms with Gasteiger partial charge < -0.3 is 26.3 Å². The number of nitrogen functional groups attached to an aromatic ring is 2. The molecule has 154 valence electrons. The van der Waals surface area contributed by atoms with Crippen LogP contribution in [0.4, 0.5) is 17.3 Å². The van der Waals surface area contributed by atoms with Crippen molar-refractivity contribution in [3.63, 3.8) is 0 Å². The van der Waals surface area contributed by atoms with Crippen LogP contribution in [0.15, 0.2) is 21.6 Å². The number of hydrogen-bond acceptors (Lipinski definition) is 10. The highest BCUT2D eigenvalue weighted by Crippen LogP contribution is 2.45. The number of pyridine rings is 1. The number of guanidine groups is 1. The van der Waals surface area contributed by atoms with Gasteiger partial charge in [-0.3, -0.25) is 5.32 Å². The van der Waals surface area contributed by atoms with Crippen LogP contribution in [0.3, 0.4) is 0 Å². The number of anilines is 3. The molecule has 1 aromatic heterocycles. The van der Waals surface area contributed by atoms with Crippen LogP contribution in [0.2, 0.25) is 0 Å². The summed E-state index contributed by atoms with van der Waals surface area (Å²) in [6.07, 6.45) is 1.82. The number of nitrogens with one attached hydrogen (secondary N) is 2. The van der Waals surface area contributed by atoms with Crippen LogP contribution >= 0.6 is 15.9 Å². The van der Waals surface area contributed by atoms with Crippen molar-refractivity contribution in [1.29, 1.82) is 10.5 Å². The molecule has 0 bridgehead atoms. The number of aromatic nitrogens is 1. The largest absolute Gasteiger partial charge is 0.490 e.